The fourth-order valence-electron chi connectivity index (χ4n) is 7.05. The number of carbonyl (C=O) groups is 5. The maximum absolute atomic E-state index is 14.4. The Bertz CT molecular complexity index is 1890. The molecule has 1 aromatic heterocycles. The molecule has 2 aliphatic heterocycles. The Hall–Kier alpha value is -4.40. The van der Waals surface area contributed by atoms with E-state index in [1.165, 1.54) is 24.3 Å². The number of hydrogen-bond acceptors (Lipinski definition) is 8. The second-order valence-corrected chi connectivity index (χ2v) is 15.8. The molecule has 2 aliphatic rings. The van der Waals surface area contributed by atoms with Crippen molar-refractivity contribution >= 4 is 47.7 Å². The maximum Gasteiger partial charge on any atom is 0.396 e. The molecule has 3 aromatic rings. The Morgan fingerprint density at radius 2 is 1.75 bits per heavy atom. The molecular weight excluding hydrogens is 703 g/mol. The van der Waals surface area contributed by atoms with Crippen molar-refractivity contribution in [1.82, 2.24) is 25.4 Å². The fourth-order valence-corrected chi connectivity index (χ4v) is 7.53. The van der Waals surface area contributed by atoms with Gasteiger partial charge in [-0.2, -0.15) is 0 Å². The lowest BCUT2D eigenvalue weighted by Gasteiger charge is -2.40. The zero-order chi connectivity index (χ0) is 38.6. The number of aromatic nitrogens is 1. The van der Waals surface area contributed by atoms with Crippen LogP contribution < -0.4 is 16.4 Å². The van der Waals surface area contributed by atoms with Crippen LogP contribution in [0.25, 0.3) is 10.9 Å². The molecule has 5 rings (SSSR count). The van der Waals surface area contributed by atoms with E-state index in [9.17, 15) is 38.3 Å². The average molecular weight is 753 g/mol. The Labute approximate surface area is 308 Å². The first kappa shape index (κ1) is 39.8. The number of amides is 4. The van der Waals surface area contributed by atoms with Gasteiger partial charge in [-0.15, -0.1) is 0 Å². The minimum absolute atomic E-state index is 0.0350. The summed E-state index contributed by atoms with van der Waals surface area (Å²) < 4.78 is 17.6. The van der Waals surface area contributed by atoms with E-state index < -0.39 is 55.1 Å². The number of aromatic amines is 1. The van der Waals surface area contributed by atoms with Crippen molar-refractivity contribution in [2.45, 2.75) is 103 Å². The molecule has 53 heavy (non-hydrogen) atoms. The molecule has 3 heterocycles. The van der Waals surface area contributed by atoms with Crippen molar-refractivity contribution in [3.8, 4) is 0 Å². The summed E-state index contributed by atoms with van der Waals surface area (Å²) in [4.78, 5) is 91.3. The van der Waals surface area contributed by atoms with Gasteiger partial charge in [-0.25, -0.2) is 0 Å². The van der Waals surface area contributed by atoms with Gasteiger partial charge in [0.25, 0.3) is 11.4 Å². The molecule has 0 spiro atoms. The molecule has 7 N–H and O–H groups in total. The molecule has 0 radical (unpaired) electrons. The van der Waals surface area contributed by atoms with E-state index in [1.54, 1.807) is 4.90 Å². The molecule has 2 aromatic carbocycles. The number of nitrogens with one attached hydrogen (secondary N) is 3. The predicted molar refractivity (Wildman–Crippen MR) is 197 cm³/mol. The molecule has 286 valence electrons. The number of fused-ring (bicyclic) bond motifs is 2. The number of rotatable bonds is 14. The Kier molecular flexibility index (Phi) is 12.6. The number of carbonyl (C=O) groups excluding carboxylic acids is 5. The summed E-state index contributed by atoms with van der Waals surface area (Å²) in [6.07, 6.45) is 1.47. The highest BCUT2D eigenvalue weighted by Crippen LogP contribution is 2.39. The van der Waals surface area contributed by atoms with Crippen LogP contribution >= 0.6 is 7.60 Å². The van der Waals surface area contributed by atoms with Gasteiger partial charge in [-0.3, -0.25) is 33.4 Å². The van der Waals surface area contributed by atoms with Crippen LogP contribution in [-0.4, -0.2) is 103 Å². The van der Waals surface area contributed by atoms with Gasteiger partial charge in [0.15, 0.2) is 0 Å². The Morgan fingerprint density at radius 1 is 1.04 bits per heavy atom. The van der Waals surface area contributed by atoms with E-state index >= 15 is 0 Å². The first-order valence-electron chi connectivity index (χ1n) is 17.9. The van der Waals surface area contributed by atoms with E-state index in [2.05, 4.69) is 20.5 Å². The summed E-state index contributed by atoms with van der Waals surface area (Å²) in [5.41, 5.74) is 6.55. The largest absolute Gasteiger partial charge is 0.396 e. The molecule has 5 atom stereocenters. The molecule has 2 saturated heterocycles. The second-order valence-electron chi connectivity index (χ2n) is 14.4. The number of nitrogens with two attached hydrogens (primary N) is 1. The van der Waals surface area contributed by atoms with Crippen LogP contribution in [0.2, 0.25) is 0 Å². The monoisotopic (exact) mass is 752 g/mol. The molecule has 15 nitrogen and oxygen atoms in total. The lowest BCUT2D eigenvalue weighted by molar-refractivity contribution is -0.144. The first-order valence-corrected chi connectivity index (χ1v) is 19.5. The van der Waals surface area contributed by atoms with Gasteiger partial charge >= 0.3 is 7.60 Å². The van der Waals surface area contributed by atoms with Crippen molar-refractivity contribution in [2.24, 2.45) is 5.73 Å². The van der Waals surface area contributed by atoms with Gasteiger partial charge in [0, 0.05) is 48.1 Å². The normalized spacial score (nSPS) is 20.8. The number of benzene rings is 2. The second kappa shape index (κ2) is 16.7. The van der Waals surface area contributed by atoms with Crippen molar-refractivity contribution in [3.05, 3.63) is 70.9 Å². The molecule has 0 saturated carbocycles. The average Bonchev–Trinajstić information content (AvgIpc) is 3.73. The molecule has 0 unspecified atom stereocenters. The van der Waals surface area contributed by atoms with E-state index in [0.29, 0.717) is 43.3 Å². The van der Waals surface area contributed by atoms with E-state index in [0.717, 1.165) is 11.1 Å². The highest BCUT2D eigenvalue weighted by Gasteiger charge is 2.45. The van der Waals surface area contributed by atoms with Crippen molar-refractivity contribution in [1.29, 1.82) is 0 Å². The highest BCUT2D eigenvalue weighted by atomic mass is 31.2. The van der Waals surface area contributed by atoms with Gasteiger partial charge in [-0.1, -0.05) is 29.8 Å². The third-order valence-corrected chi connectivity index (χ3v) is 11.0. The number of nitrogens with zero attached hydrogens (tertiary/aromatic N) is 2. The van der Waals surface area contributed by atoms with Crippen LogP contribution in [0, 0.1) is 6.92 Å². The topological polar surface area (TPSA) is 224 Å². The molecule has 0 bridgehead atoms. The SMILES string of the molecule is Cc1ccc(CO[C@H](C)[C@H](CCC(N)=O)NC(=O)[C@@H]2CC[C@@H]3CCN(C(C)C)C[C@H](NC(=O)c4cc5cc(C(=O)P(=O)(O)O)ccc5[nH]4)C(=O)N32)cc1. The Balaban J connectivity index is 1.34. The van der Waals surface area contributed by atoms with Gasteiger partial charge < -0.3 is 40.8 Å². The predicted octanol–water partition coefficient (Wildman–Crippen LogP) is 2.72. The molecular formula is C37H49N6O9P. The number of H-pyrrole nitrogens is 1. The van der Waals surface area contributed by atoms with E-state index in [4.69, 9.17) is 10.5 Å². The van der Waals surface area contributed by atoms with Gasteiger partial charge in [0.2, 0.25) is 17.7 Å². The summed E-state index contributed by atoms with van der Waals surface area (Å²) in [5, 5.41) is 6.29. The fraction of sp³-hybridized carbons (Fsp3) is 0.486. The summed E-state index contributed by atoms with van der Waals surface area (Å²) in [5.74, 6) is -1.87. The minimum Gasteiger partial charge on any atom is -0.372 e. The lowest BCUT2D eigenvalue weighted by Crippen LogP contribution is -2.61. The maximum atomic E-state index is 14.4. The number of ether oxygens (including phenoxy) is 1. The molecule has 16 heteroatoms. The van der Waals surface area contributed by atoms with E-state index in [-0.39, 0.29) is 48.6 Å². The van der Waals surface area contributed by atoms with Crippen molar-refractivity contribution in [3.63, 3.8) is 0 Å². The number of aryl methyl sites for hydroxylation is 1. The Morgan fingerprint density at radius 3 is 2.42 bits per heavy atom. The summed E-state index contributed by atoms with van der Waals surface area (Å²) >= 11 is 0. The third-order valence-electron chi connectivity index (χ3n) is 10.2. The van der Waals surface area contributed by atoms with Crippen LogP contribution in [0.4, 0.5) is 0 Å². The lowest BCUT2D eigenvalue weighted by atomic mass is 10.0. The third kappa shape index (κ3) is 9.78. The van der Waals surface area contributed by atoms with Crippen molar-refractivity contribution < 1.29 is 43.1 Å². The zero-order valence-electron chi connectivity index (χ0n) is 30.4. The highest BCUT2D eigenvalue weighted by molar-refractivity contribution is 7.70. The zero-order valence-corrected chi connectivity index (χ0v) is 31.3. The summed E-state index contributed by atoms with van der Waals surface area (Å²) in [6.45, 7) is 8.98. The summed E-state index contributed by atoms with van der Waals surface area (Å²) in [7, 11) is -5.01. The van der Waals surface area contributed by atoms with Crippen LogP contribution in [-0.2, 0) is 30.3 Å². The van der Waals surface area contributed by atoms with E-state index in [1.807, 2.05) is 52.0 Å². The smallest absolute Gasteiger partial charge is 0.372 e. The van der Waals surface area contributed by atoms with Crippen LogP contribution in [0.15, 0.2) is 48.5 Å². The van der Waals surface area contributed by atoms with Gasteiger partial charge in [-0.05, 0) is 83.2 Å². The standard InChI is InChI=1S/C37H49N6O9P/c1-21(2)42-16-15-27-10-13-32(35(46)40-28(12-14-33(38)44)23(4)52-20-24-7-5-22(3)6-8-24)43(27)36(47)31(19-42)41-34(45)30-18-26-17-25(9-11-29(26)39-30)37(48)53(49,50)51/h5-9,11,17-18,21,23,27-28,31-32,39H,10,12-16,19-20H2,1-4H3,(H2,38,44)(H,40,46)(H,41,45)(H2,49,50,51)/t23-,27-,28+,31+,32+/m1/s1. The van der Waals surface area contributed by atoms with Gasteiger partial charge in [0.05, 0.1) is 18.8 Å². The summed E-state index contributed by atoms with van der Waals surface area (Å²) in [6, 6.07) is 10.8. The first-order chi connectivity index (χ1) is 25.0. The molecule has 0 aliphatic carbocycles. The number of hydrogen-bond donors (Lipinski definition) is 6. The quantitative estimate of drug-likeness (QED) is 0.132. The van der Waals surface area contributed by atoms with Crippen molar-refractivity contribution in [2.75, 3.05) is 13.1 Å². The van der Waals surface area contributed by atoms with Gasteiger partial charge in [0.1, 0.15) is 17.8 Å². The number of primary amides is 1. The van der Waals surface area contributed by atoms with Crippen LogP contribution in [0.5, 0.6) is 0 Å². The van der Waals surface area contributed by atoms with Crippen LogP contribution in [0.3, 0.4) is 0 Å². The van der Waals surface area contributed by atoms with Crippen LogP contribution in [0.1, 0.15) is 84.8 Å². The molecule has 2 fully saturated rings. The minimum atomic E-state index is -5.01. The molecule has 4 amide bonds.